The Labute approximate surface area is 155 Å². The number of ether oxygens (including phenoxy) is 3. The molecule has 1 atom stereocenters. The van der Waals surface area contributed by atoms with E-state index in [0.717, 1.165) is 24.9 Å². The van der Waals surface area contributed by atoms with Gasteiger partial charge in [-0.2, -0.15) is 0 Å². The third-order valence-electron chi connectivity index (χ3n) is 5.34. The van der Waals surface area contributed by atoms with E-state index in [-0.39, 0.29) is 6.10 Å². The molecule has 2 saturated heterocycles. The molecular formula is C19H27BO6. The minimum atomic E-state index is -0.574. The molecule has 142 valence electrons. The van der Waals surface area contributed by atoms with E-state index in [1.807, 2.05) is 33.8 Å². The SMILES string of the molecule is COC(=O)c1cc(OC[C@@H]2CCCO2)cc(B2OC(C)(C)C(C)(C)O2)c1. The van der Waals surface area contributed by atoms with Gasteiger partial charge in [0.1, 0.15) is 12.4 Å². The standard InChI is InChI=1S/C19H27BO6/c1-18(2)19(3,4)26-20(25-18)14-9-13(17(21)22-5)10-16(11-14)24-12-15-7-6-8-23-15/h9-11,15H,6-8,12H2,1-5H3/t15-/m0/s1. The zero-order valence-electron chi connectivity index (χ0n) is 16.2. The third-order valence-corrected chi connectivity index (χ3v) is 5.34. The molecule has 0 aromatic heterocycles. The Kier molecular flexibility index (Phi) is 5.33. The van der Waals surface area contributed by atoms with Crippen molar-refractivity contribution >= 4 is 18.6 Å². The van der Waals surface area contributed by atoms with Crippen molar-refractivity contribution in [3.05, 3.63) is 23.8 Å². The fourth-order valence-corrected chi connectivity index (χ4v) is 3.02. The van der Waals surface area contributed by atoms with Crippen molar-refractivity contribution in [2.75, 3.05) is 20.3 Å². The maximum Gasteiger partial charge on any atom is 0.494 e. The van der Waals surface area contributed by atoms with E-state index in [1.165, 1.54) is 7.11 Å². The quantitative estimate of drug-likeness (QED) is 0.592. The van der Waals surface area contributed by atoms with Crippen LogP contribution in [0.25, 0.3) is 0 Å². The van der Waals surface area contributed by atoms with E-state index >= 15 is 0 Å². The van der Waals surface area contributed by atoms with Crippen molar-refractivity contribution in [2.45, 2.75) is 57.8 Å². The lowest BCUT2D eigenvalue weighted by Crippen LogP contribution is -2.41. The summed E-state index contributed by atoms with van der Waals surface area (Å²) in [5.74, 6) is 0.151. The molecule has 2 aliphatic rings. The molecule has 0 amide bonds. The van der Waals surface area contributed by atoms with Gasteiger partial charge >= 0.3 is 13.1 Å². The molecule has 26 heavy (non-hydrogen) atoms. The van der Waals surface area contributed by atoms with Crippen molar-refractivity contribution in [1.82, 2.24) is 0 Å². The topological polar surface area (TPSA) is 63.2 Å². The Morgan fingerprint density at radius 3 is 2.46 bits per heavy atom. The van der Waals surface area contributed by atoms with Crippen molar-refractivity contribution in [1.29, 1.82) is 0 Å². The number of hydrogen-bond donors (Lipinski definition) is 0. The lowest BCUT2D eigenvalue weighted by atomic mass is 9.78. The second kappa shape index (κ2) is 7.21. The van der Waals surface area contributed by atoms with Crippen molar-refractivity contribution in [2.24, 2.45) is 0 Å². The van der Waals surface area contributed by atoms with Crippen LogP contribution in [0.1, 0.15) is 50.9 Å². The van der Waals surface area contributed by atoms with Gasteiger partial charge in [0.2, 0.25) is 0 Å². The molecule has 2 aliphatic heterocycles. The molecule has 0 aliphatic carbocycles. The van der Waals surface area contributed by atoms with Crippen LogP contribution in [0, 0.1) is 0 Å². The number of rotatable bonds is 5. The monoisotopic (exact) mass is 362 g/mol. The minimum Gasteiger partial charge on any atom is -0.491 e. The van der Waals surface area contributed by atoms with E-state index < -0.39 is 24.3 Å². The van der Waals surface area contributed by atoms with Crippen LogP contribution in [0.3, 0.4) is 0 Å². The summed E-state index contributed by atoms with van der Waals surface area (Å²) in [6.07, 6.45) is 2.13. The molecule has 1 aromatic carbocycles. The fourth-order valence-electron chi connectivity index (χ4n) is 3.02. The third kappa shape index (κ3) is 3.90. The summed E-state index contributed by atoms with van der Waals surface area (Å²) in [6, 6.07) is 5.26. The van der Waals surface area contributed by atoms with E-state index in [1.54, 1.807) is 12.1 Å². The van der Waals surface area contributed by atoms with Crippen LogP contribution in [0.15, 0.2) is 18.2 Å². The molecule has 2 heterocycles. The second-order valence-electron chi connectivity index (χ2n) is 7.82. The molecule has 0 N–H and O–H groups in total. The van der Waals surface area contributed by atoms with Gasteiger partial charge in [-0.15, -0.1) is 0 Å². The van der Waals surface area contributed by atoms with Crippen LogP contribution < -0.4 is 10.2 Å². The molecule has 0 spiro atoms. The number of hydrogen-bond acceptors (Lipinski definition) is 6. The highest BCUT2D eigenvalue weighted by Crippen LogP contribution is 2.36. The summed E-state index contributed by atoms with van der Waals surface area (Å²) in [5, 5.41) is 0. The van der Waals surface area contributed by atoms with Crippen LogP contribution in [0.5, 0.6) is 5.75 Å². The van der Waals surface area contributed by atoms with Gasteiger partial charge in [0.05, 0.1) is 30.0 Å². The van der Waals surface area contributed by atoms with Crippen LogP contribution in [-0.4, -0.2) is 50.7 Å². The Morgan fingerprint density at radius 1 is 1.19 bits per heavy atom. The Balaban J connectivity index is 1.84. The second-order valence-corrected chi connectivity index (χ2v) is 7.82. The van der Waals surface area contributed by atoms with Crippen molar-refractivity contribution < 1.29 is 28.3 Å². The van der Waals surface area contributed by atoms with Gasteiger partial charge in [-0.05, 0) is 64.2 Å². The first-order valence-corrected chi connectivity index (χ1v) is 9.05. The first-order chi connectivity index (χ1) is 12.2. The number of carbonyl (C=O) groups excluding carboxylic acids is 1. The molecule has 6 nitrogen and oxygen atoms in total. The summed E-state index contributed by atoms with van der Waals surface area (Å²) >= 11 is 0. The van der Waals surface area contributed by atoms with Gasteiger partial charge in [-0.25, -0.2) is 4.79 Å². The van der Waals surface area contributed by atoms with Gasteiger partial charge in [-0.3, -0.25) is 0 Å². The average Bonchev–Trinajstić information content (AvgIpc) is 3.18. The average molecular weight is 362 g/mol. The van der Waals surface area contributed by atoms with Gasteiger partial charge in [-0.1, -0.05) is 0 Å². The maximum atomic E-state index is 12.1. The zero-order chi connectivity index (χ0) is 18.9. The Hall–Kier alpha value is -1.57. The predicted octanol–water partition coefficient (Wildman–Crippen LogP) is 2.33. The summed E-state index contributed by atoms with van der Waals surface area (Å²) in [5.41, 5.74) is 0.214. The van der Waals surface area contributed by atoms with Crippen LogP contribution >= 0.6 is 0 Å². The molecule has 0 unspecified atom stereocenters. The number of carbonyl (C=O) groups is 1. The number of esters is 1. The summed E-state index contributed by atoms with van der Waals surface area (Å²) < 4.78 is 28.5. The highest BCUT2D eigenvalue weighted by atomic mass is 16.7. The maximum absolute atomic E-state index is 12.1. The Morgan fingerprint density at radius 2 is 1.88 bits per heavy atom. The van der Waals surface area contributed by atoms with Crippen LogP contribution in [0.2, 0.25) is 0 Å². The number of methoxy groups -OCH3 is 1. The first kappa shape index (κ1) is 19.2. The van der Waals surface area contributed by atoms with Gasteiger partial charge < -0.3 is 23.5 Å². The van der Waals surface area contributed by atoms with E-state index in [4.69, 9.17) is 23.5 Å². The predicted molar refractivity (Wildman–Crippen MR) is 98.0 cm³/mol. The molecule has 3 rings (SSSR count). The summed E-state index contributed by atoms with van der Waals surface area (Å²) in [6.45, 7) is 9.19. The van der Waals surface area contributed by atoms with Crippen LogP contribution in [0.4, 0.5) is 0 Å². The summed E-state index contributed by atoms with van der Waals surface area (Å²) in [4.78, 5) is 12.1. The smallest absolute Gasteiger partial charge is 0.491 e. The van der Waals surface area contributed by atoms with Gasteiger partial charge in [0, 0.05) is 6.61 Å². The molecular weight excluding hydrogens is 335 g/mol. The molecule has 2 fully saturated rings. The first-order valence-electron chi connectivity index (χ1n) is 9.05. The number of benzene rings is 1. The highest BCUT2D eigenvalue weighted by Gasteiger charge is 2.51. The zero-order valence-corrected chi connectivity index (χ0v) is 16.2. The van der Waals surface area contributed by atoms with Crippen molar-refractivity contribution in [3.8, 4) is 5.75 Å². The Bertz CT molecular complexity index is 650. The summed E-state index contributed by atoms with van der Waals surface area (Å²) in [7, 11) is 0.783. The van der Waals surface area contributed by atoms with E-state index in [2.05, 4.69) is 0 Å². The molecule has 0 radical (unpaired) electrons. The van der Waals surface area contributed by atoms with Gasteiger partial charge in [0.25, 0.3) is 0 Å². The molecule has 1 aromatic rings. The molecule has 7 heteroatoms. The van der Waals surface area contributed by atoms with E-state index in [9.17, 15) is 4.79 Å². The lowest BCUT2D eigenvalue weighted by Gasteiger charge is -2.32. The van der Waals surface area contributed by atoms with Gasteiger partial charge in [0.15, 0.2) is 0 Å². The van der Waals surface area contributed by atoms with Crippen LogP contribution in [-0.2, 0) is 18.8 Å². The normalized spacial score (nSPS) is 23.9. The van der Waals surface area contributed by atoms with E-state index in [0.29, 0.717) is 17.9 Å². The molecule has 0 saturated carbocycles. The van der Waals surface area contributed by atoms with Crippen molar-refractivity contribution in [3.63, 3.8) is 0 Å². The highest BCUT2D eigenvalue weighted by molar-refractivity contribution is 6.62. The lowest BCUT2D eigenvalue weighted by molar-refractivity contribution is 0.00578. The minimum absolute atomic E-state index is 0.0945. The fraction of sp³-hybridized carbons (Fsp3) is 0.632. The molecule has 0 bridgehead atoms. The largest absolute Gasteiger partial charge is 0.494 e.